The fourth-order valence-electron chi connectivity index (χ4n) is 2.21. The number of halogens is 2. The number of anilines is 1. The van der Waals surface area contributed by atoms with E-state index in [1.165, 1.54) is 35.2 Å². The Morgan fingerprint density at radius 1 is 1.11 bits per heavy atom. The van der Waals surface area contributed by atoms with Crippen molar-refractivity contribution in [2.75, 3.05) is 19.4 Å². The van der Waals surface area contributed by atoms with Gasteiger partial charge in [0, 0.05) is 25.3 Å². The highest BCUT2D eigenvalue weighted by atomic mass is 19.3. The smallest absolute Gasteiger partial charge is 0.387 e. The van der Waals surface area contributed by atoms with Crippen molar-refractivity contribution in [2.45, 2.75) is 6.61 Å². The summed E-state index contributed by atoms with van der Waals surface area (Å²) in [5.41, 5.74) is 1.18. The monoisotopic (exact) mass is 385 g/mol. The number of carbonyl (C=O) groups is 2. The molecule has 0 radical (unpaired) electrons. The molecule has 8 heteroatoms. The lowest BCUT2D eigenvalue weighted by atomic mass is 10.1. The molecule has 1 N–H and O–H groups in total. The highest BCUT2D eigenvalue weighted by Gasteiger charge is 2.12. The quantitative estimate of drug-likeness (QED) is 0.609. The van der Waals surface area contributed by atoms with E-state index in [0.29, 0.717) is 16.8 Å². The van der Waals surface area contributed by atoms with Crippen LogP contribution in [0.2, 0.25) is 0 Å². The Balaban J connectivity index is 2.10. The average molecular weight is 385 g/mol. The summed E-state index contributed by atoms with van der Waals surface area (Å²) in [6.07, 6.45) is 1.32. The maximum atomic E-state index is 12.3. The van der Waals surface area contributed by atoms with Crippen LogP contribution < -0.4 is 10.1 Å². The zero-order valence-corrected chi connectivity index (χ0v) is 15.1. The molecule has 2 rings (SSSR count). The Kier molecular flexibility index (Phi) is 6.82. The lowest BCUT2D eigenvalue weighted by molar-refractivity contribution is -0.112. The summed E-state index contributed by atoms with van der Waals surface area (Å²) in [7, 11) is 3.27. The van der Waals surface area contributed by atoms with Gasteiger partial charge in [-0.15, -0.1) is 0 Å². The van der Waals surface area contributed by atoms with E-state index >= 15 is 0 Å². The number of ether oxygens (including phenoxy) is 1. The van der Waals surface area contributed by atoms with E-state index in [1.807, 2.05) is 0 Å². The summed E-state index contributed by atoms with van der Waals surface area (Å²) in [6.45, 7) is -2.93. The van der Waals surface area contributed by atoms with Crippen LogP contribution in [0.5, 0.6) is 5.75 Å². The largest absolute Gasteiger partial charge is 0.435 e. The van der Waals surface area contributed by atoms with Crippen LogP contribution in [0.4, 0.5) is 14.5 Å². The predicted molar refractivity (Wildman–Crippen MR) is 99.8 cm³/mol. The molecule has 0 unspecified atom stereocenters. The minimum atomic E-state index is -2.93. The molecule has 0 spiro atoms. The standard InChI is InChI=1S/C20H17F2N3O3/c1-25(2)19(27)14-5-7-16(8-6-14)24-18(26)15(12-23)11-13-3-9-17(10-4-13)28-20(21)22/h3-11,20H,1-2H3,(H,24,26)/b15-11+. The average Bonchev–Trinajstić information content (AvgIpc) is 2.66. The number of benzene rings is 2. The fourth-order valence-corrected chi connectivity index (χ4v) is 2.21. The highest BCUT2D eigenvalue weighted by Crippen LogP contribution is 2.17. The zero-order chi connectivity index (χ0) is 20.7. The maximum Gasteiger partial charge on any atom is 0.387 e. The van der Waals surface area contributed by atoms with Gasteiger partial charge in [-0.05, 0) is 48.0 Å². The van der Waals surface area contributed by atoms with Gasteiger partial charge in [0.1, 0.15) is 17.4 Å². The topological polar surface area (TPSA) is 82.4 Å². The first kappa shape index (κ1) is 20.6. The highest BCUT2D eigenvalue weighted by molar-refractivity contribution is 6.09. The molecule has 2 aromatic rings. The minimum Gasteiger partial charge on any atom is -0.435 e. The van der Waals surface area contributed by atoms with Gasteiger partial charge in [0.2, 0.25) is 0 Å². The summed E-state index contributed by atoms with van der Waals surface area (Å²) < 4.78 is 28.6. The Bertz CT molecular complexity index is 915. The van der Waals surface area contributed by atoms with Crippen LogP contribution in [0.1, 0.15) is 15.9 Å². The van der Waals surface area contributed by atoms with Gasteiger partial charge in [-0.25, -0.2) is 0 Å². The van der Waals surface area contributed by atoms with E-state index in [0.717, 1.165) is 0 Å². The summed E-state index contributed by atoms with van der Waals surface area (Å²) in [5, 5.41) is 11.8. The molecule has 2 amide bonds. The number of nitriles is 1. The second-order valence-electron chi connectivity index (χ2n) is 5.85. The molecule has 6 nitrogen and oxygen atoms in total. The Morgan fingerprint density at radius 3 is 2.21 bits per heavy atom. The van der Waals surface area contributed by atoms with Crippen molar-refractivity contribution >= 4 is 23.6 Å². The van der Waals surface area contributed by atoms with E-state index in [9.17, 15) is 23.6 Å². The van der Waals surface area contributed by atoms with Crippen molar-refractivity contribution in [3.05, 3.63) is 65.2 Å². The molecule has 0 saturated heterocycles. The molecule has 0 saturated carbocycles. The molecule has 0 fully saturated rings. The lowest BCUT2D eigenvalue weighted by Gasteiger charge is -2.11. The van der Waals surface area contributed by atoms with E-state index in [1.54, 1.807) is 44.4 Å². The van der Waals surface area contributed by atoms with Crippen molar-refractivity contribution in [2.24, 2.45) is 0 Å². The molecule has 0 aliphatic rings. The lowest BCUT2D eigenvalue weighted by Crippen LogP contribution is -2.21. The van der Waals surface area contributed by atoms with E-state index in [4.69, 9.17) is 0 Å². The fraction of sp³-hybridized carbons (Fsp3) is 0.150. The van der Waals surface area contributed by atoms with Gasteiger partial charge in [-0.1, -0.05) is 12.1 Å². The van der Waals surface area contributed by atoms with Crippen LogP contribution in [0, 0.1) is 11.3 Å². The van der Waals surface area contributed by atoms with Crippen LogP contribution in [-0.4, -0.2) is 37.4 Å². The van der Waals surface area contributed by atoms with Gasteiger partial charge in [-0.3, -0.25) is 9.59 Å². The van der Waals surface area contributed by atoms with Crippen molar-refractivity contribution < 1.29 is 23.1 Å². The van der Waals surface area contributed by atoms with Gasteiger partial charge in [0.15, 0.2) is 0 Å². The number of amides is 2. The summed E-state index contributed by atoms with van der Waals surface area (Å²) >= 11 is 0. The first-order valence-corrected chi connectivity index (χ1v) is 8.10. The van der Waals surface area contributed by atoms with Gasteiger partial charge < -0.3 is 15.0 Å². The van der Waals surface area contributed by atoms with E-state index in [-0.39, 0.29) is 17.2 Å². The minimum absolute atomic E-state index is 0.0255. The van der Waals surface area contributed by atoms with Crippen molar-refractivity contribution in [1.29, 1.82) is 5.26 Å². The third-order valence-corrected chi connectivity index (χ3v) is 3.58. The Labute approximate surface area is 160 Å². The van der Waals surface area contributed by atoms with Crippen LogP contribution in [0.3, 0.4) is 0 Å². The number of carbonyl (C=O) groups excluding carboxylic acids is 2. The first-order valence-electron chi connectivity index (χ1n) is 8.10. The molecule has 2 aromatic carbocycles. The summed E-state index contributed by atoms with van der Waals surface area (Å²) in [4.78, 5) is 25.6. The number of alkyl halides is 2. The van der Waals surface area contributed by atoms with Gasteiger partial charge in [0.05, 0.1) is 0 Å². The second-order valence-corrected chi connectivity index (χ2v) is 5.85. The number of nitrogens with zero attached hydrogens (tertiary/aromatic N) is 2. The van der Waals surface area contributed by atoms with Gasteiger partial charge in [-0.2, -0.15) is 14.0 Å². The number of nitrogens with one attached hydrogen (secondary N) is 1. The third-order valence-electron chi connectivity index (χ3n) is 3.58. The van der Waals surface area contributed by atoms with E-state index in [2.05, 4.69) is 10.1 Å². The molecule has 0 aliphatic carbocycles. The maximum absolute atomic E-state index is 12.3. The predicted octanol–water partition coefficient (Wildman–Crippen LogP) is 3.54. The van der Waals surface area contributed by atoms with Crippen LogP contribution in [-0.2, 0) is 4.79 Å². The van der Waals surface area contributed by atoms with Gasteiger partial charge in [0.25, 0.3) is 11.8 Å². The molecule has 144 valence electrons. The SMILES string of the molecule is CN(C)C(=O)c1ccc(NC(=O)/C(C#N)=C/c2ccc(OC(F)F)cc2)cc1. The molecule has 0 heterocycles. The molecular weight excluding hydrogens is 368 g/mol. The van der Waals surface area contributed by atoms with Crippen molar-refractivity contribution in [3.8, 4) is 11.8 Å². The molecular formula is C20H17F2N3O3. The third kappa shape index (κ3) is 5.64. The van der Waals surface area contributed by atoms with Crippen LogP contribution in [0.15, 0.2) is 54.1 Å². The number of hydrogen-bond donors (Lipinski definition) is 1. The zero-order valence-electron chi connectivity index (χ0n) is 15.1. The van der Waals surface area contributed by atoms with Crippen molar-refractivity contribution in [3.63, 3.8) is 0 Å². The summed E-state index contributed by atoms with van der Waals surface area (Å²) in [5.74, 6) is -0.834. The molecule has 0 aliphatic heterocycles. The van der Waals surface area contributed by atoms with Crippen LogP contribution in [0.25, 0.3) is 6.08 Å². The van der Waals surface area contributed by atoms with Crippen molar-refractivity contribution in [1.82, 2.24) is 4.90 Å². The molecule has 0 bridgehead atoms. The Morgan fingerprint density at radius 2 is 1.71 bits per heavy atom. The van der Waals surface area contributed by atoms with Crippen LogP contribution >= 0.6 is 0 Å². The normalized spacial score (nSPS) is 10.9. The number of hydrogen-bond acceptors (Lipinski definition) is 4. The van der Waals surface area contributed by atoms with E-state index < -0.39 is 12.5 Å². The first-order chi connectivity index (χ1) is 13.3. The Hall–Kier alpha value is -3.73. The van der Waals surface area contributed by atoms with Gasteiger partial charge >= 0.3 is 6.61 Å². The molecule has 28 heavy (non-hydrogen) atoms. The number of rotatable bonds is 6. The molecule has 0 atom stereocenters. The second kappa shape index (κ2) is 9.28. The summed E-state index contributed by atoms with van der Waals surface area (Å²) in [6, 6.07) is 13.6. The molecule has 0 aromatic heterocycles.